The Kier molecular flexibility index (Phi) is 4.67. The van der Waals surface area contributed by atoms with Crippen molar-refractivity contribution >= 4 is 0 Å². The van der Waals surface area contributed by atoms with Crippen LogP contribution in [-0.4, -0.2) is 13.1 Å². The molecule has 1 heteroatoms. The number of hydrogen-bond donors (Lipinski definition) is 1. The van der Waals surface area contributed by atoms with Gasteiger partial charge in [0.1, 0.15) is 0 Å². The lowest BCUT2D eigenvalue weighted by Crippen LogP contribution is -2.19. The predicted molar refractivity (Wildman–Crippen MR) is 54.3 cm³/mol. The Labute approximate surface area is 76.9 Å². The first-order valence-electron chi connectivity index (χ1n) is 5.51. The number of nitrogens with one attached hydrogen (secondary N) is 1. The summed E-state index contributed by atoms with van der Waals surface area (Å²) >= 11 is 0. The van der Waals surface area contributed by atoms with Crippen LogP contribution in [0.5, 0.6) is 0 Å². The lowest BCUT2D eigenvalue weighted by atomic mass is 9.88. The Morgan fingerprint density at radius 2 is 1.83 bits per heavy atom. The maximum atomic E-state index is 3.51. The van der Waals surface area contributed by atoms with E-state index in [0.717, 1.165) is 11.8 Å². The molecule has 1 heterocycles. The highest BCUT2D eigenvalue weighted by atomic mass is 14.8. The van der Waals surface area contributed by atoms with Gasteiger partial charge in [0.15, 0.2) is 0 Å². The Morgan fingerprint density at radius 3 is 2.58 bits per heavy atom. The lowest BCUT2D eigenvalue weighted by molar-refractivity contribution is 0.330. The van der Waals surface area contributed by atoms with E-state index in [1.54, 1.807) is 0 Å². The molecule has 1 fully saturated rings. The summed E-state index contributed by atoms with van der Waals surface area (Å²) in [5, 5.41) is 3.51. The summed E-state index contributed by atoms with van der Waals surface area (Å²) in [5.41, 5.74) is 0. The molecule has 0 aromatic carbocycles. The van der Waals surface area contributed by atoms with Crippen LogP contribution >= 0.6 is 0 Å². The van der Waals surface area contributed by atoms with E-state index < -0.39 is 0 Å². The summed E-state index contributed by atoms with van der Waals surface area (Å²) in [6, 6.07) is 0. The van der Waals surface area contributed by atoms with Gasteiger partial charge in [-0.1, -0.05) is 33.1 Å². The minimum absolute atomic E-state index is 0.880. The van der Waals surface area contributed by atoms with Crippen molar-refractivity contribution in [1.82, 2.24) is 5.32 Å². The van der Waals surface area contributed by atoms with E-state index in [1.807, 2.05) is 0 Å². The average molecular weight is 169 g/mol. The highest BCUT2D eigenvalue weighted by Gasteiger charge is 2.13. The second-order valence-corrected chi connectivity index (χ2v) is 4.39. The summed E-state index contributed by atoms with van der Waals surface area (Å²) in [4.78, 5) is 0. The lowest BCUT2D eigenvalue weighted by Gasteiger charge is -2.19. The van der Waals surface area contributed by atoms with Crippen LogP contribution in [0, 0.1) is 11.8 Å². The third-order valence-electron chi connectivity index (χ3n) is 3.06. The minimum Gasteiger partial charge on any atom is -0.317 e. The monoisotopic (exact) mass is 169 g/mol. The Hall–Kier alpha value is -0.0400. The van der Waals surface area contributed by atoms with E-state index in [1.165, 1.54) is 45.2 Å². The number of hydrogen-bond acceptors (Lipinski definition) is 1. The summed E-state index contributed by atoms with van der Waals surface area (Å²) in [7, 11) is 0. The molecule has 1 aliphatic rings. The molecule has 1 N–H and O–H groups in total. The van der Waals surface area contributed by atoms with Crippen LogP contribution in [0.3, 0.4) is 0 Å². The van der Waals surface area contributed by atoms with Gasteiger partial charge in [0, 0.05) is 0 Å². The fourth-order valence-corrected chi connectivity index (χ4v) is 2.06. The van der Waals surface area contributed by atoms with Gasteiger partial charge in [-0.2, -0.15) is 0 Å². The topological polar surface area (TPSA) is 12.0 Å². The van der Waals surface area contributed by atoms with Crippen molar-refractivity contribution in [3.05, 3.63) is 0 Å². The van der Waals surface area contributed by atoms with Crippen molar-refractivity contribution in [2.75, 3.05) is 13.1 Å². The summed E-state index contributed by atoms with van der Waals surface area (Å²) in [6.07, 6.45) is 7.10. The SMILES string of the molecule is CC(C)C1CCCCCNCC1. The van der Waals surface area contributed by atoms with Crippen LogP contribution in [0.2, 0.25) is 0 Å². The molecule has 1 rings (SSSR count). The van der Waals surface area contributed by atoms with E-state index in [2.05, 4.69) is 19.2 Å². The van der Waals surface area contributed by atoms with Crippen LogP contribution in [0.4, 0.5) is 0 Å². The molecule has 1 atom stereocenters. The van der Waals surface area contributed by atoms with Crippen molar-refractivity contribution in [2.45, 2.75) is 46.0 Å². The van der Waals surface area contributed by atoms with Crippen molar-refractivity contribution in [3.8, 4) is 0 Å². The molecule has 0 aromatic heterocycles. The molecule has 0 amide bonds. The maximum Gasteiger partial charge on any atom is -0.00462 e. The van der Waals surface area contributed by atoms with Gasteiger partial charge in [0.05, 0.1) is 0 Å². The first-order valence-corrected chi connectivity index (χ1v) is 5.51. The third-order valence-corrected chi connectivity index (χ3v) is 3.06. The molecule has 0 spiro atoms. The molecular weight excluding hydrogens is 146 g/mol. The maximum absolute atomic E-state index is 3.51. The molecule has 0 aliphatic carbocycles. The first-order chi connectivity index (χ1) is 5.80. The second-order valence-electron chi connectivity index (χ2n) is 4.39. The fraction of sp³-hybridized carbons (Fsp3) is 1.00. The quantitative estimate of drug-likeness (QED) is 0.636. The highest BCUT2D eigenvalue weighted by molar-refractivity contribution is 4.67. The van der Waals surface area contributed by atoms with Crippen LogP contribution < -0.4 is 5.32 Å². The van der Waals surface area contributed by atoms with Crippen molar-refractivity contribution in [3.63, 3.8) is 0 Å². The molecule has 1 unspecified atom stereocenters. The highest BCUT2D eigenvalue weighted by Crippen LogP contribution is 2.22. The van der Waals surface area contributed by atoms with Crippen LogP contribution in [-0.2, 0) is 0 Å². The van der Waals surface area contributed by atoms with Crippen LogP contribution in [0.15, 0.2) is 0 Å². The Balaban J connectivity index is 2.28. The zero-order valence-corrected chi connectivity index (χ0v) is 8.60. The third kappa shape index (κ3) is 3.57. The zero-order valence-electron chi connectivity index (χ0n) is 8.60. The normalized spacial score (nSPS) is 27.8. The van der Waals surface area contributed by atoms with Crippen molar-refractivity contribution < 1.29 is 0 Å². The standard InChI is InChI=1S/C11H23N/c1-10(2)11-6-4-3-5-8-12-9-7-11/h10-12H,3-9H2,1-2H3. The van der Waals surface area contributed by atoms with Gasteiger partial charge in [0.2, 0.25) is 0 Å². The van der Waals surface area contributed by atoms with Gasteiger partial charge in [-0.25, -0.2) is 0 Å². The molecule has 0 radical (unpaired) electrons. The average Bonchev–Trinajstić information content (AvgIpc) is 2.15. The molecule has 0 bridgehead atoms. The molecule has 0 saturated carbocycles. The zero-order chi connectivity index (χ0) is 8.81. The van der Waals surface area contributed by atoms with Gasteiger partial charge in [0.25, 0.3) is 0 Å². The smallest absolute Gasteiger partial charge is 0.00462 e. The fourth-order valence-electron chi connectivity index (χ4n) is 2.06. The summed E-state index contributed by atoms with van der Waals surface area (Å²) < 4.78 is 0. The molecule has 12 heavy (non-hydrogen) atoms. The van der Waals surface area contributed by atoms with Gasteiger partial charge >= 0.3 is 0 Å². The van der Waals surface area contributed by atoms with E-state index in [4.69, 9.17) is 0 Å². The Bertz CT molecular complexity index is 99.6. The Morgan fingerprint density at radius 1 is 1.00 bits per heavy atom. The first kappa shape index (κ1) is 10.0. The van der Waals surface area contributed by atoms with E-state index in [-0.39, 0.29) is 0 Å². The minimum atomic E-state index is 0.880. The number of rotatable bonds is 1. The van der Waals surface area contributed by atoms with Crippen molar-refractivity contribution in [2.24, 2.45) is 11.8 Å². The molecule has 0 aromatic rings. The molecular formula is C11H23N. The molecule has 1 saturated heterocycles. The molecule has 72 valence electrons. The van der Waals surface area contributed by atoms with Crippen LogP contribution in [0.1, 0.15) is 46.0 Å². The van der Waals surface area contributed by atoms with E-state index in [0.29, 0.717) is 0 Å². The predicted octanol–water partition coefficient (Wildman–Crippen LogP) is 2.81. The van der Waals surface area contributed by atoms with Gasteiger partial charge in [-0.05, 0) is 37.8 Å². The van der Waals surface area contributed by atoms with Crippen LogP contribution in [0.25, 0.3) is 0 Å². The van der Waals surface area contributed by atoms with Crippen molar-refractivity contribution in [1.29, 1.82) is 0 Å². The summed E-state index contributed by atoms with van der Waals surface area (Å²) in [6.45, 7) is 7.21. The van der Waals surface area contributed by atoms with E-state index >= 15 is 0 Å². The second kappa shape index (κ2) is 5.58. The van der Waals surface area contributed by atoms with Gasteiger partial charge in [-0.15, -0.1) is 0 Å². The molecule has 1 aliphatic heterocycles. The summed E-state index contributed by atoms with van der Waals surface area (Å²) in [5.74, 6) is 1.85. The largest absolute Gasteiger partial charge is 0.317 e. The van der Waals surface area contributed by atoms with Gasteiger partial charge in [-0.3, -0.25) is 0 Å². The molecule has 1 nitrogen and oxygen atoms in total. The van der Waals surface area contributed by atoms with E-state index in [9.17, 15) is 0 Å². The van der Waals surface area contributed by atoms with Gasteiger partial charge < -0.3 is 5.32 Å².